The molecule has 7 heteroatoms. The SMILES string of the molecule is CCCn1cncc1C1C(C(=O)O)OCC(=O)N1C1CC1. The molecule has 21 heavy (non-hydrogen) atoms. The summed E-state index contributed by atoms with van der Waals surface area (Å²) in [7, 11) is 0. The maximum atomic E-state index is 12.2. The molecule has 3 rings (SSSR count). The number of aliphatic carboxylic acids is 1. The number of amides is 1. The minimum Gasteiger partial charge on any atom is -0.479 e. The van der Waals surface area contributed by atoms with Gasteiger partial charge in [0.15, 0.2) is 6.10 Å². The van der Waals surface area contributed by atoms with Crippen LogP contribution in [-0.2, 0) is 20.9 Å². The molecule has 114 valence electrons. The summed E-state index contributed by atoms with van der Waals surface area (Å²) in [6.45, 7) is 2.62. The topological polar surface area (TPSA) is 84.7 Å². The van der Waals surface area contributed by atoms with Crippen LogP contribution in [0.1, 0.15) is 37.9 Å². The van der Waals surface area contributed by atoms with Gasteiger partial charge < -0.3 is 19.3 Å². The van der Waals surface area contributed by atoms with Gasteiger partial charge in [-0.3, -0.25) is 4.79 Å². The predicted molar refractivity (Wildman–Crippen MR) is 72.5 cm³/mol. The summed E-state index contributed by atoms with van der Waals surface area (Å²) in [5.41, 5.74) is 0.740. The van der Waals surface area contributed by atoms with E-state index in [1.807, 2.05) is 11.5 Å². The molecule has 1 aliphatic carbocycles. The zero-order valence-electron chi connectivity index (χ0n) is 11.9. The number of nitrogens with zero attached hydrogens (tertiary/aromatic N) is 3. The zero-order chi connectivity index (χ0) is 15.0. The molecule has 1 amide bonds. The van der Waals surface area contributed by atoms with Crippen LogP contribution in [0.3, 0.4) is 0 Å². The van der Waals surface area contributed by atoms with Gasteiger partial charge in [0, 0.05) is 12.6 Å². The van der Waals surface area contributed by atoms with Gasteiger partial charge in [-0.05, 0) is 19.3 Å². The summed E-state index contributed by atoms with van der Waals surface area (Å²) in [5.74, 6) is -1.17. The monoisotopic (exact) mass is 293 g/mol. The van der Waals surface area contributed by atoms with Crippen molar-refractivity contribution in [3.63, 3.8) is 0 Å². The minimum atomic E-state index is -1.04. The maximum Gasteiger partial charge on any atom is 0.335 e. The second-order valence-electron chi connectivity index (χ2n) is 5.56. The molecule has 0 spiro atoms. The first kappa shape index (κ1) is 14.1. The van der Waals surface area contributed by atoms with Gasteiger partial charge in [0.1, 0.15) is 12.6 Å². The molecule has 0 bridgehead atoms. The second-order valence-corrected chi connectivity index (χ2v) is 5.56. The molecule has 0 radical (unpaired) electrons. The number of aromatic nitrogens is 2. The van der Waals surface area contributed by atoms with E-state index in [2.05, 4.69) is 4.98 Å². The van der Waals surface area contributed by atoms with Crippen LogP contribution in [0.15, 0.2) is 12.5 Å². The summed E-state index contributed by atoms with van der Waals surface area (Å²) >= 11 is 0. The molecule has 1 saturated heterocycles. The summed E-state index contributed by atoms with van der Waals surface area (Å²) in [4.78, 5) is 29.6. The number of carbonyl (C=O) groups is 2. The summed E-state index contributed by atoms with van der Waals surface area (Å²) in [5, 5.41) is 9.44. The van der Waals surface area contributed by atoms with Crippen molar-refractivity contribution in [2.75, 3.05) is 6.61 Å². The molecule has 1 saturated carbocycles. The number of carboxylic acids is 1. The van der Waals surface area contributed by atoms with Crippen molar-refractivity contribution in [2.45, 2.75) is 50.9 Å². The molecule has 1 N–H and O–H groups in total. The van der Waals surface area contributed by atoms with E-state index >= 15 is 0 Å². The van der Waals surface area contributed by atoms with Crippen LogP contribution < -0.4 is 0 Å². The van der Waals surface area contributed by atoms with Crippen molar-refractivity contribution in [3.05, 3.63) is 18.2 Å². The standard InChI is InChI=1S/C14H19N3O4/c1-2-5-16-8-15-6-10(16)12-13(14(19)20)21-7-11(18)17(12)9-3-4-9/h6,8-9,12-13H,2-5,7H2,1H3,(H,19,20). The summed E-state index contributed by atoms with van der Waals surface area (Å²) in [6, 6.07) is -0.455. The number of aryl methyl sites for hydroxylation is 1. The van der Waals surface area contributed by atoms with Gasteiger partial charge in [-0.15, -0.1) is 0 Å². The first-order chi connectivity index (χ1) is 10.1. The van der Waals surface area contributed by atoms with Gasteiger partial charge in [0.2, 0.25) is 5.91 Å². The molecule has 1 aromatic rings. The van der Waals surface area contributed by atoms with Crippen molar-refractivity contribution < 1.29 is 19.4 Å². The van der Waals surface area contributed by atoms with Gasteiger partial charge in [0.25, 0.3) is 0 Å². The highest BCUT2D eigenvalue weighted by Crippen LogP contribution is 2.39. The Kier molecular flexibility index (Phi) is 3.67. The molecule has 1 aliphatic heterocycles. The Morgan fingerprint density at radius 2 is 2.29 bits per heavy atom. The van der Waals surface area contributed by atoms with E-state index in [1.54, 1.807) is 17.4 Å². The number of carboxylic acid groups (broad SMARTS) is 1. The Balaban J connectivity index is 2.00. The van der Waals surface area contributed by atoms with E-state index in [0.29, 0.717) is 0 Å². The van der Waals surface area contributed by atoms with Crippen molar-refractivity contribution in [2.24, 2.45) is 0 Å². The second kappa shape index (κ2) is 5.48. The van der Waals surface area contributed by atoms with E-state index in [9.17, 15) is 14.7 Å². The van der Waals surface area contributed by atoms with E-state index in [-0.39, 0.29) is 18.6 Å². The van der Waals surface area contributed by atoms with Crippen LogP contribution in [0, 0.1) is 0 Å². The van der Waals surface area contributed by atoms with E-state index in [0.717, 1.165) is 31.5 Å². The van der Waals surface area contributed by atoms with Crippen molar-refractivity contribution in [3.8, 4) is 0 Å². The number of imidazole rings is 1. The molecule has 2 unspecified atom stereocenters. The van der Waals surface area contributed by atoms with Crippen molar-refractivity contribution >= 4 is 11.9 Å². The van der Waals surface area contributed by atoms with Crippen LogP contribution in [0.5, 0.6) is 0 Å². The van der Waals surface area contributed by atoms with Crippen LogP contribution in [0.4, 0.5) is 0 Å². The van der Waals surface area contributed by atoms with Crippen LogP contribution in [0.25, 0.3) is 0 Å². The molecule has 2 aliphatic rings. The van der Waals surface area contributed by atoms with E-state index in [1.165, 1.54) is 0 Å². The van der Waals surface area contributed by atoms with Gasteiger partial charge in [-0.25, -0.2) is 9.78 Å². The lowest BCUT2D eigenvalue weighted by Gasteiger charge is -2.39. The quantitative estimate of drug-likeness (QED) is 0.868. The van der Waals surface area contributed by atoms with Crippen LogP contribution in [-0.4, -0.2) is 50.2 Å². The average molecular weight is 293 g/mol. The molecule has 1 aromatic heterocycles. The smallest absolute Gasteiger partial charge is 0.335 e. The van der Waals surface area contributed by atoms with Crippen LogP contribution in [0.2, 0.25) is 0 Å². The Hall–Kier alpha value is -1.89. The van der Waals surface area contributed by atoms with E-state index in [4.69, 9.17) is 4.74 Å². The molecule has 0 aromatic carbocycles. The third kappa shape index (κ3) is 2.53. The third-order valence-electron chi connectivity index (χ3n) is 3.96. The van der Waals surface area contributed by atoms with Crippen molar-refractivity contribution in [1.82, 2.24) is 14.5 Å². The van der Waals surface area contributed by atoms with Gasteiger partial charge >= 0.3 is 5.97 Å². The van der Waals surface area contributed by atoms with Crippen molar-refractivity contribution in [1.29, 1.82) is 0 Å². The number of morpholine rings is 1. The molecule has 2 atom stereocenters. The molecule has 7 nitrogen and oxygen atoms in total. The molecular weight excluding hydrogens is 274 g/mol. The fourth-order valence-corrected chi connectivity index (χ4v) is 2.92. The molecule has 2 heterocycles. The minimum absolute atomic E-state index is 0.135. The number of hydrogen-bond donors (Lipinski definition) is 1. The normalized spacial score (nSPS) is 26.1. The predicted octanol–water partition coefficient (Wildman–Crippen LogP) is 0.809. The molecule has 2 fully saturated rings. The first-order valence-corrected chi connectivity index (χ1v) is 7.29. The lowest BCUT2D eigenvalue weighted by atomic mass is 10.0. The largest absolute Gasteiger partial charge is 0.479 e. The number of rotatable bonds is 5. The average Bonchev–Trinajstić information content (AvgIpc) is 3.18. The van der Waals surface area contributed by atoms with Gasteiger partial charge in [0.05, 0.1) is 18.2 Å². The highest BCUT2D eigenvalue weighted by molar-refractivity contribution is 5.83. The zero-order valence-corrected chi connectivity index (χ0v) is 11.9. The maximum absolute atomic E-state index is 12.2. The highest BCUT2D eigenvalue weighted by atomic mass is 16.5. The Bertz CT molecular complexity index is 552. The Labute approximate surface area is 122 Å². The van der Waals surface area contributed by atoms with Gasteiger partial charge in [-0.2, -0.15) is 0 Å². The molecular formula is C14H19N3O4. The van der Waals surface area contributed by atoms with E-state index < -0.39 is 18.1 Å². The number of carbonyl (C=O) groups excluding carboxylic acids is 1. The summed E-state index contributed by atoms with van der Waals surface area (Å²) in [6.07, 6.45) is 5.06. The number of ether oxygens (including phenoxy) is 1. The fourth-order valence-electron chi connectivity index (χ4n) is 2.92. The fraction of sp³-hybridized carbons (Fsp3) is 0.643. The lowest BCUT2D eigenvalue weighted by Crippen LogP contribution is -2.53. The van der Waals surface area contributed by atoms with Crippen LogP contribution >= 0.6 is 0 Å². The third-order valence-corrected chi connectivity index (χ3v) is 3.96. The number of hydrogen-bond acceptors (Lipinski definition) is 4. The highest BCUT2D eigenvalue weighted by Gasteiger charge is 2.48. The Morgan fingerprint density at radius 3 is 2.90 bits per heavy atom. The summed E-state index contributed by atoms with van der Waals surface area (Å²) < 4.78 is 7.21. The lowest BCUT2D eigenvalue weighted by molar-refractivity contribution is -0.174. The van der Waals surface area contributed by atoms with Gasteiger partial charge in [-0.1, -0.05) is 6.92 Å². The first-order valence-electron chi connectivity index (χ1n) is 7.29. The Morgan fingerprint density at radius 1 is 1.52 bits per heavy atom.